The normalized spacial score (nSPS) is 10.9. The van der Waals surface area contributed by atoms with Crippen molar-refractivity contribution in [1.82, 2.24) is 15.0 Å². The van der Waals surface area contributed by atoms with Crippen LogP contribution in [-0.2, 0) is 11.3 Å². The fourth-order valence-corrected chi connectivity index (χ4v) is 3.83. The molecule has 0 fully saturated rings. The van der Waals surface area contributed by atoms with Crippen LogP contribution in [0, 0.1) is 11.3 Å². The molecule has 7 nitrogen and oxygen atoms in total. The highest BCUT2D eigenvalue weighted by molar-refractivity contribution is 7.17. The van der Waals surface area contributed by atoms with Crippen molar-refractivity contribution in [2.45, 2.75) is 6.54 Å². The van der Waals surface area contributed by atoms with Crippen molar-refractivity contribution < 1.29 is 4.79 Å². The lowest BCUT2D eigenvalue weighted by atomic mass is 10.1. The maximum Gasteiger partial charge on any atom is 0.263 e. The molecular formula is C22H15N5O2S. The summed E-state index contributed by atoms with van der Waals surface area (Å²) in [6.45, 7) is -0.198. The third-order valence-corrected chi connectivity index (χ3v) is 5.29. The van der Waals surface area contributed by atoms with E-state index in [1.54, 1.807) is 24.3 Å². The van der Waals surface area contributed by atoms with E-state index in [1.807, 2.05) is 41.8 Å². The molecule has 0 saturated carbocycles. The number of nitriles is 1. The van der Waals surface area contributed by atoms with Crippen molar-refractivity contribution in [2.75, 3.05) is 0 Å². The molecule has 2 aromatic carbocycles. The van der Waals surface area contributed by atoms with Gasteiger partial charge in [-0.15, -0.1) is 11.3 Å². The highest BCUT2D eigenvalue weighted by Gasteiger charge is 2.14. The van der Waals surface area contributed by atoms with Gasteiger partial charge in [-0.05, 0) is 23.3 Å². The number of rotatable bonds is 5. The molecule has 4 aromatic rings. The molecule has 0 unspecified atom stereocenters. The zero-order valence-electron chi connectivity index (χ0n) is 15.6. The Bertz CT molecular complexity index is 1330. The van der Waals surface area contributed by atoms with Gasteiger partial charge in [-0.25, -0.2) is 10.4 Å². The quantitative estimate of drug-likeness (QED) is 0.401. The van der Waals surface area contributed by atoms with Crippen LogP contribution in [0.1, 0.15) is 11.1 Å². The van der Waals surface area contributed by atoms with Crippen LogP contribution in [0.15, 0.2) is 76.2 Å². The van der Waals surface area contributed by atoms with Crippen molar-refractivity contribution in [3.8, 4) is 17.2 Å². The third-order valence-electron chi connectivity index (χ3n) is 4.40. The van der Waals surface area contributed by atoms with Gasteiger partial charge in [-0.1, -0.05) is 42.5 Å². The van der Waals surface area contributed by atoms with Crippen LogP contribution in [0.25, 0.3) is 21.3 Å². The van der Waals surface area contributed by atoms with Gasteiger partial charge in [-0.2, -0.15) is 10.4 Å². The predicted molar refractivity (Wildman–Crippen MR) is 116 cm³/mol. The minimum atomic E-state index is -0.445. The van der Waals surface area contributed by atoms with Gasteiger partial charge in [0.1, 0.15) is 11.4 Å². The van der Waals surface area contributed by atoms with Crippen LogP contribution in [0.2, 0.25) is 0 Å². The number of benzene rings is 2. The van der Waals surface area contributed by atoms with Gasteiger partial charge in [0.05, 0.1) is 29.6 Å². The molecule has 0 atom stereocenters. The van der Waals surface area contributed by atoms with E-state index >= 15 is 0 Å². The number of hydrazone groups is 1. The second-order valence-corrected chi connectivity index (χ2v) is 7.26. The van der Waals surface area contributed by atoms with Gasteiger partial charge in [0.25, 0.3) is 11.5 Å². The molecule has 0 saturated heterocycles. The monoisotopic (exact) mass is 413 g/mol. The number of thiophene rings is 1. The molecule has 0 aliphatic carbocycles. The number of hydrogen-bond acceptors (Lipinski definition) is 6. The standard InChI is InChI=1S/C22H15N5O2S/c23-10-15-6-8-16(9-7-15)11-25-26-19(28)12-27-14-24-21-20(22(27)29)18(13-30-21)17-4-2-1-3-5-17/h1-9,11,13-14H,12H2,(H,26,28)/b25-11+. The van der Waals surface area contributed by atoms with Crippen LogP contribution in [0.3, 0.4) is 0 Å². The molecule has 0 spiro atoms. The van der Waals surface area contributed by atoms with Crippen LogP contribution in [-0.4, -0.2) is 21.7 Å². The lowest BCUT2D eigenvalue weighted by Crippen LogP contribution is -2.30. The fourth-order valence-electron chi connectivity index (χ4n) is 2.92. The Morgan fingerprint density at radius 1 is 1.20 bits per heavy atom. The molecule has 2 heterocycles. The van der Waals surface area contributed by atoms with E-state index in [2.05, 4.69) is 15.5 Å². The highest BCUT2D eigenvalue weighted by Crippen LogP contribution is 2.30. The summed E-state index contributed by atoms with van der Waals surface area (Å²) in [5.41, 5.74) is 5.15. The Morgan fingerprint density at radius 2 is 1.97 bits per heavy atom. The van der Waals surface area contributed by atoms with E-state index < -0.39 is 5.91 Å². The summed E-state index contributed by atoms with van der Waals surface area (Å²) in [4.78, 5) is 30.1. The van der Waals surface area contributed by atoms with Crippen LogP contribution >= 0.6 is 11.3 Å². The molecule has 30 heavy (non-hydrogen) atoms. The fraction of sp³-hybridized carbons (Fsp3) is 0.0455. The molecule has 0 aliphatic heterocycles. The Hall–Kier alpha value is -4.09. The van der Waals surface area contributed by atoms with Crippen molar-refractivity contribution in [2.24, 2.45) is 5.10 Å². The molecular weight excluding hydrogens is 398 g/mol. The Kier molecular flexibility index (Phi) is 5.46. The van der Waals surface area contributed by atoms with E-state index in [0.717, 1.165) is 16.7 Å². The van der Waals surface area contributed by atoms with E-state index in [4.69, 9.17) is 5.26 Å². The SMILES string of the molecule is N#Cc1ccc(/C=N/NC(=O)Cn2cnc3scc(-c4ccccc4)c3c2=O)cc1. The first-order valence-electron chi connectivity index (χ1n) is 9.00. The van der Waals surface area contributed by atoms with E-state index in [9.17, 15) is 9.59 Å². The maximum atomic E-state index is 13.0. The molecule has 8 heteroatoms. The Labute approximate surface area is 175 Å². The van der Waals surface area contributed by atoms with Crippen molar-refractivity contribution in [1.29, 1.82) is 5.26 Å². The molecule has 1 N–H and O–H groups in total. The molecule has 1 amide bonds. The van der Waals surface area contributed by atoms with Gasteiger partial charge < -0.3 is 0 Å². The molecule has 2 aromatic heterocycles. The molecule has 0 aliphatic rings. The summed E-state index contributed by atoms with van der Waals surface area (Å²) in [5, 5.41) is 15.1. The first-order valence-corrected chi connectivity index (χ1v) is 9.88. The summed E-state index contributed by atoms with van der Waals surface area (Å²) in [6, 6.07) is 18.4. The average molecular weight is 413 g/mol. The van der Waals surface area contributed by atoms with Crippen LogP contribution < -0.4 is 11.0 Å². The largest absolute Gasteiger partial charge is 0.289 e. The van der Waals surface area contributed by atoms with Gasteiger partial charge >= 0.3 is 0 Å². The van der Waals surface area contributed by atoms with Crippen molar-refractivity contribution in [3.63, 3.8) is 0 Å². The van der Waals surface area contributed by atoms with Crippen molar-refractivity contribution >= 4 is 33.7 Å². The smallest absolute Gasteiger partial charge is 0.263 e. The van der Waals surface area contributed by atoms with E-state index in [1.165, 1.54) is 28.4 Å². The summed E-state index contributed by atoms with van der Waals surface area (Å²) >= 11 is 1.40. The predicted octanol–water partition coefficient (Wildman–Crippen LogP) is 3.15. The zero-order valence-corrected chi connectivity index (χ0v) is 16.5. The van der Waals surface area contributed by atoms with Gasteiger partial charge in [0.15, 0.2) is 0 Å². The lowest BCUT2D eigenvalue weighted by molar-refractivity contribution is -0.121. The number of aromatic nitrogens is 2. The number of fused-ring (bicyclic) bond motifs is 1. The van der Waals surface area contributed by atoms with Crippen LogP contribution in [0.5, 0.6) is 0 Å². The first kappa shape index (κ1) is 19.2. The van der Waals surface area contributed by atoms with E-state index in [0.29, 0.717) is 15.8 Å². The average Bonchev–Trinajstić information content (AvgIpc) is 3.22. The second-order valence-electron chi connectivity index (χ2n) is 6.40. The lowest BCUT2D eigenvalue weighted by Gasteiger charge is -2.05. The summed E-state index contributed by atoms with van der Waals surface area (Å²) in [7, 11) is 0. The molecule has 0 radical (unpaired) electrons. The number of amides is 1. The number of nitrogens with zero attached hydrogens (tertiary/aromatic N) is 4. The molecule has 0 bridgehead atoms. The molecule has 4 rings (SSSR count). The minimum Gasteiger partial charge on any atom is -0.289 e. The molecule has 146 valence electrons. The number of nitrogens with one attached hydrogen (secondary N) is 1. The Morgan fingerprint density at radius 3 is 2.70 bits per heavy atom. The minimum absolute atomic E-state index is 0.198. The van der Waals surface area contributed by atoms with Crippen LogP contribution in [0.4, 0.5) is 0 Å². The summed E-state index contributed by atoms with van der Waals surface area (Å²) in [6.07, 6.45) is 2.84. The second kappa shape index (κ2) is 8.51. The number of carbonyl (C=O) groups is 1. The summed E-state index contributed by atoms with van der Waals surface area (Å²) < 4.78 is 1.27. The highest BCUT2D eigenvalue weighted by atomic mass is 32.1. The topological polar surface area (TPSA) is 100 Å². The van der Waals surface area contributed by atoms with E-state index in [-0.39, 0.29) is 12.1 Å². The maximum absolute atomic E-state index is 13.0. The number of carbonyl (C=O) groups excluding carboxylic acids is 1. The van der Waals surface area contributed by atoms with Gasteiger partial charge in [-0.3, -0.25) is 14.2 Å². The third kappa shape index (κ3) is 4.01. The van der Waals surface area contributed by atoms with Gasteiger partial charge in [0.2, 0.25) is 0 Å². The first-order chi connectivity index (χ1) is 14.7. The Balaban J connectivity index is 1.51. The van der Waals surface area contributed by atoms with Gasteiger partial charge in [0, 0.05) is 10.9 Å². The number of hydrogen-bond donors (Lipinski definition) is 1. The summed E-state index contributed by atoms with van der Waals surface area (Å²) in [5.74, 6) is -0.445. The zero-order chi connectivity index (χ0) is 20.9. The van der Waals surface area contributed by atoms with Crippen molar-refractivity contribution in [3.05, 3.63) is 87.8 Å².